The number of benzene rings is 2. The summed E-state index contributed by atoms with van der Waals surface area (Å²) in [6, 6.07) is 11.3. The maximum atomic E-state index is 12.9. The number of carbonyl (C=O) groups excluding carboxylic acids is 1. The van der Waals surface area contributed by atoms with Gasteiger partial charge in [0.1, 0.15) is 5.82 Å². The largest absolute Gasteiger partial charge is 0.403 e. The fraction of sp³-hybridized carbons (Fsp3) is 0.167. The average Bonchev–Trinajstić information content (AvgIpc) is 3.10. The Morgan fingerprint density at radius 1 is 1.11 bits per heavy atom. The first-order chi connectivity index (χ1) is 13.3. The Morgan fingerprint density at radius 3 is 2.54 bits per heavy atom. The minimum absolute atomic E-state index is 0.00981. The Kier molecular flexibility index (Phi) is 6.05. The monoisotopic (exact) mass is 423 g/mol. The molecule has 0 saturated carbocycles. The van der Waals surface area contributed by atoms with Crippen LogP contribution in [0.15, 0.2) is 57.8 Å². The molecule has 146 valence electrons. The summed E-state index contributed by atoms with van der Waals surface area (Å²) in [4.78, 5) is 12.0. The lowest BCUT2D eigenvalue weighted by Crippen LogP contribution is -2.14. The highest BCUT2D eigenvalue weighted by Gasteiger charge is 2.17. The summed E-state index contributed by atoms with van der Waals surface area (Å²) in [6.07, 6.45) is 0.0152. The molecule has 1 heterocycles. The highest BCUT2D eigenvalue weighted by Crippen LogP contribution is 2.27. The highest BCUT2D eigenvalue weighted by atomic mass is 35.5. The molecule has 0 spiro atoms. The van der Waals surface area contributed by atoms with Gasteiger partial charge in [0.15, 0.2) is 9.84 Å². The van der Waals surface area contributed by atoms with Gasteiger partial charge in [-0.3, -0.25) is 10.1 Å². The zero-order valence-corrected chi connectivity index (χ0v) is 16.0. The van der Waals surface area contributed by atoms with Crippen molar-refractivity contribution in [1.29, 1.82) is 0 Å². The van der Waals surface area contributed by atoms with E-state index >= 15 is 0 Å². The van der Waals surface area contributed by atoms with E-state index in [9.17, 15) is 17.6 Å². The van der Waals surface area contributed by atoms with Gasteiger partial charge in [-0.15, -0.1) is 5.10 Å². The van der Waals surface area contributed by atoms with E-state index in [0.717, 1.165) is 12.1 Å². The molecule has 0 aliphatic rings. The Morgan fingerprint density at radius 2 is 1.82 bits per heavy atom. The van der Waals surface area contributed by atoms with E-state index in [2.05, 4.69) is 15.5 Å². The number of nitrogens with one attached hydrogen (secondary N) is 1. The predicted octanol–water partition coefficient (Wildman–Crippen LogP) is 3.72. The Balaban J connectivity index is 1.54. The molecule has 10 heteroatoms. The van der Waals surface area contributed by atoms with E-state index in [4.69, 9.17) is 16.0 Å². The summed E-state index contributed by atoms with van der Waals surface area (Å²) in [7, 11) is -3.59. The molecule has 28 heavy (non-hydrogen) atoms. The van der Waals surface area contributed by atoms with E-state index in [1.807, 2.05) is 0 Å². The molecule has 1 amide bonds. The number of rotatable bonds is 7. The first-order valence-corrected chi connectivity index (χ1v) is 10.2. The third-order valence-electron chi connectivity index (χ3n) is 3.77. The molecule has 0 aliphatic heterocycles. The van der Waals surface area contributed by atoms with Crippen LogP contribution < -0.4 is 5.32 Å². The summed E-state index contributed by atoms with van der Waals surface area (Å²) < 4.78 is 42.6. The fourth-order valence-electron chi connectivity index (χ4n) is 2.38. The van der Waals surface area contributed by atoms with E-state index in [1.165, 1.54) is 12.1 Å². The predicted molar refractivity (Wildman–Crippen MR) is 101 cm³/mol. The van der Waals surface area contributed by atoms with Crippen LogP contribution in [-0.4, -0.2) is 30.3 Å². The van der Waals surface area contributed by atoms with Crippen molar-refractivity contribution in [2.75, 3.05) is 11.1 Å². The summed E-state index contributed by atoms with van der Waals surface area (Å²) in [5.41, 5.74) is 0.530. The lowest BCUT2D eigenvalue weighted by atomic mass is 10.2. The zero-order valence-electron chi connectivity index (χ0n) is 14.4. The summed E-state index contributed by atoms with van der Waals surface area (Å²) >= 11 is 6.05. The number of aromatic nitrogens is 2. The van der Waals surface area contributed by atoms with Gasteiger partial charge in [0, 0.05) is 6.42 Å². The maximum Gasteiger partial charge on any atom is 0.322 e. The molecule has 2 aromatic carbocycles. The van der Waals surface area contributed by atoms with Crippen LogP contribution in [-0.2, 0) is 14.6 Å². The SMILES string of the molecule is O=C(CCCS(=O)(=O)c1ccc(F)cc1)Nc1nnc(-c2ccccc2Cl)o1. The van der Waals surface area contributed by atoms with Gasteiger partial charge in [-0.25, -0.2) is 12.8 Å². The average molecular weight is 424 g/mol. The van der Waals surface area contributed by atoms with Gasteiger partial charge in [0.25, 0.3) is 5.89 Å². The molecule has 3 rings (SSSR count). The van der Waals surface area contributed by atoms with Crippen molar-refractivity contribution in [1.82, 2.24) is 10.2 Å². The van der Waals surface area contributed by atoms with Crippen molar-refractivity contribution in [2.45, 2.75) is 17.7 Å². The third-order valence-corrected chi connectivity index (χ3v) is 5.91. The van der Waals surface area contributed by atoms with Crippen molar-refractivity contribution in [2.24, 2.45) is 0 Å². The number of carbonyl (C=O) groups is 1. The number of nitrogens with zero attached hydrogens (tertiary/aromatic N) is 2. The fourth-order valence-corrected chi connectivity index (χ4v) is 3.91. The molecule has 1 N–H and O–H groups in total. The Hall–Kier alpha value is -2.78. The summed E-state index contributed by atoms with van der Waals surface area (Å²) in [5, 5.41) is 10.4. The van der Waals surface area contributed by atoms with E-state index in [0.29, 0.717) is 10.6 Å². The molecule has 7 nitrogen and oxygen atoms in total. The smallest absolute Gasteiger partial charge is 0.322 e. The lowest BCUT2D eigenvalue weighted by Gasteiger charge is -2.04. The van der Waals surface area contributed by atoms with Crippen molar-refractivity contribution in [3.05, 3.63) is 59.4 Å². The third kappa shape index (κ3) is 4.93. The van der Waals surface area contributed by atoms with Crippen LogP contribution in [0.1, 0.15) is 12.8 Å². The van der Waals surface area contributed by atoms with Crippen molar-refractivity contribution in [3.63, 3.8) is 0 Å². The second kappa shape index (κ2) is 8.49. The van der Waals surface area contributed by atoms with Crippen LogP contribution in [0.25, 0.3) is 11.5 Å². The van der Waals surface area contributed by atoms with Gasteiger partial charge in [0.2, 0.25) is 5.91 Å². The van der Waals surface area contributed by atoms with Crippen LogP contribution in [0.3, 0.4) is 0 Å². The zero-order chi connectivity index (χ0) is 20.1. The summed E-state index contributed by atoms with van der Waals surface area (Å²) in [5.74, 6) is -1.08. The van der Waals surface area contributed by atoms with Gasteiger partial charge >= 0.3 is 6.01 Å². The first kappa shape index (κ1) is 20.0. The number of hydrogen-bond acceptors (Lipinski definition) is 6. The lowest BCUT2D eigenvalue weighted by molar-refractivity contribution is -0.116. The molecule has 1 aromatic heterocycles. The van der Waals surface area contributed by atoms with Gasteiger partial charge in [-0.05, 0) is 42.8 Å². The first-order valence-electron chi connectivity index (χ1n) is 8.22. The second-order valence-corrected chi connectivity index (χ2v) is 8.33. The van der Waals surface area contributed by atoms with Crippen LogP contribution in [0.5, 0.6) is 0 Å². The van der Waals surface area contributed by atoms with Gasteiger partial charge in [-0.1, -0.05) is 28.8 Å². The molecule has 0 saturated heterocycles. The normalized spacial score (nSPS) is 11.4. The standard InChI is InChI=1S/C18H15ClFN3O4S/c19-15-5-2-1-4-14(15)17-22-23-18(27-17)21-16(24)6-3-11-28(25,26)13-9-7-12(20)8-10-13/h1-2,4-5,7-10H,3,6,11H2,(H,21,23,24). The highest BCUT2D eigenvalue weighted by molar-refractivity contribution is 7.91. The van der Waals surface area contributed by atoms with Gasteiger partial charge in [0.05, 0.1) is 21.2 Å². The quantitative estimate of drug-likeness (QED) is 0.581. The van der Waals surface area contributed by atoms with E-state index in [1.54, 1.807) is 24.3 Å². The molecule has 0 atom stereocenters. The number of sulfone groups is 1. The topological polar surface area (TPSA) is 102 Å². The van der Waals surface area contributed by atoms with Crippen molar-refractivity contribution in [3.8, 4) is 11.5 Å². The molecule has 0 aliphatic carbocycles. The molecular formula is C18H15ClFN3O4S. The van der Waals surface area contributed by atoms with Crippen LogP contribution in [0.2, 0.25) is 5.02 Å². The molecule has 0 fully saturated rings. The van der Waals surface area contributed by atoms with Crippen LogP contribution >= 0.6 is 11.6 Å². The van der Waals surface area contributed by atoms with Crippen LogP contribution in [0, 0.1) is 5.82 Å². The van der Waals surface area contributed by atoms with Gasteiger partial charge in [-0.2, -0.15) is 0 Å². The van der Waals surface area contributed by atoms with E-state index in [-0.39, 0.29) is 35.4 Å². The van der Waals surface area contributed by atoms with Crippen molar-refractivity contribution < 1.29 is 22.0 Å². The molecular weight excluding hydrogens is 409 g/mol. The van der Waals surface area contributed by atoms with E-state index < -0.39 is 21.6 Å². The van der Waals surface area contributed by atoms with Gasteiger partial charge < -0.3 is 4.42 Å². The Bertz CT molecular complexity index is 1080. The number of hydrogen-bond donors (Lipinski definition) is 1. The molecule has 0 unspecified atom stereocenters. The van der Waals surface area contributed by atoms with Crippen molar-refractivity contribution >= 4 is 33.4 Å². The minimum atomic E-state index is -3.59. The number of anilines is 1. The maximum absolute atomic E-state index is 12.9. The van der Waals surface area contributed by atoms with Crippen LogP contribution in [0.4, 0.5) is 10.4 Å². The minimum Gasteiger partial charge on any atom is -0.403 e. The number of amides is 1. The molecule has 0 bridgehead atoms. The number of halogens is 2. The Labute approximate surface area is 165 Å². The second-order valence-electron chi connectivity index (χ2n) is 5.82. The molecule has 0 radical (unpaired) electrons. The molecule has 3 aromatic rings. The summed E-state index contributed by atoms with van der Waals surface area (Å²) in [6.45, 7) is 0.